The first-order valence-corrected chi connectivity index (χ1v) is 7.04. The molecule has 1 aromatic rings. The van der Waals surface area contributed by atoms with E-state index in [1.54, 1.807) is 12.1 Å². The molecular weight excluding hydrogens is 299 g/mol. The molecule has 2 rings (SSSR count). The molecule has 5 nitrogen and oxygen atoms in total. The van der Waals surface area contributed by atoms with Crippen LogP contribution in [0.1, 0.15) is 19.3 Å². The molecule has 0 bridgehead atoms. The van der Waals surface area contributed by atoms with E-state index >= 15 is 0 Å². The van der Waals surface area contributed by atoms with Crippen LogP contribution in [-0.2, 0) is 9.59 Å². The van der Waals surface area contributed by atoms with Gasteiger partial charge in [0.25, 0.3) is 0 Å². The van der Waals surface area contributed by atoms with E-state index in [2.05, 4.69) is 5.32 Å². The lowest BCUT2D eigenvalue weighted by Gasteiger charge is -2.19. The van der Waals surface area contributed by atoms with Gasteiger partial charge in [-0.3, -0.25) is 9.59 Å². The predicted octanol–water partition coefficient (Wildman–Crippen LogP) is 2.04. The van der Waals surface area contributed by atoms with Gasteiger partial charge in [0.1, 0.15) is 5.82 Å². The molecule has 1 heterocycles. The first-order chi connectivity index (χ1) is 9.95. The largest absolute Gasteiger partial charge is 0.481 e. The maximum atomic E-state index is 13.1. The molecule has 1 atom stereocenters. The van der Waals surface area contributed by atoms with Crippen LogP contribution in [-0.4, -0.2) is 36.1 Å². The van der Waals surface area contributed by atoms with Gasteiger partial charge in [0.15, 0.2) is 0 Å². The van der Waals surface area contributed by atoms with Crippen LogP contribution in [0.25, 0.3) is 0 Å². The van der Waals surface area contributed by atoms with E-state index in [1.807, 2.05) is 4.90 Å². The number of carboxylic acids is 1. The normalized spacial score (nSPS) is 17.8. The summed E-state index contributed by atoms with van der Waals surface area (Å²) in [6, 6.07) is 4.49. The molecule has 1 aromatic carbocycles. The van der Waals surface area contributed by atoms with E-state index in [0.29, 0.717) is 6.54 Å². The van der Waals surface area contributed by atoms with Gasteiger partial charge in [-0.2, -0.15) is 0 Å². The van der Waals surface area contributed by atoms with Crippen molar-refractivity contribution in [2.24, 2.45) is 0 Å². The zero-order valence-corrected chi connectivity index (χ0v) is 12.1. The number of benzene rings is 1. The quantitative estimate of drug-likeness (QED) is 0.872. The molecule has 1 saturated heterocycles. The number of carbonyl (C=O) groups excluding carboxylic acids is 1. The second-order valence-corrected chi connectivity index (χ2v) is 5.40. The zero-order chi connectivity index (χ0) is 15.4. The molecule has 0 aromatic heterocycles. The van der Waals surface area contributed by atoms with Crippen LogP contribution >= 0.6 is 11.6 Å². The molecule has 7 heteroatoms. The Balaban J connectivity index is 1.87. The Labute approximate surface area is 126 Å². The first kappa shape index (κ1) is 15.6. The molecular formula is C14H16ClFN2O3. The highest BCUT2D eigenvalue weighted by atomic mass is 35.5. The number of carbonyl (C=O) groups is 2. The van der Waals surface area contributed by atoms with Crippen molar-refractivity contribution in [1.82, 2.24) is 5.32 Å². The second-order valence-electron chi connectivity index (χ2n) is 4.99. The third-order valence-corrected chi connectivity index (χ3v) is 3.68. The molecule has 0 saturated carbocycles. The van der Waals surface area contributed by atoms with Gasteiger partial charge in [-0.1, -0.05) is 11.6 Å². The molecule has 0 radical (unpaired) electrons. The van der Waals surface area contributed by atoms with Crippen molar-refractivity contribution >= 4 is 29.2 Å². The standard InChI is InChI=1S/C14H16ClFN2O3/c15-11-7-10(1-2-12(11)16)18-6-5-9(8-18)17-13(19)3-4-14(20)21/h1-2,7,9H,3-6,8H2,(H,17,19)(H,20,21). The Morgan fingerprint density at radius 2 is 2.19 bits per heavy atom. The number of hydrogen-bond acceptors (Lipinski definition) is 3. The van der Waals surface area contributed by atoms with Gasteiger partial charge in [0, 0.05) is 31.2 Å². The molecule has 114 valence electrons. The number of hydrogen-bond donors (Lipinski definition) is 2. The highest BCUT2D eigenvalue weighted by Crippen LogP contribution is 2.25. The summed E-state index contributed by atoms with van der Waals surface area (Å²) in [5.41, 5.74) is 0.809. The number of aliphatic carboxylic acids is 1. The predicted molar refractivity (Wildman–Crippen MR) is 77.0 cm³/mol. The first-order valence-electron chi connectivity index (χ1n) is 6.67. The summed E-state index contributed by atoms with van der Waals surface area (Å²) in [6.45, 7) is 1.33. The number of amides is 1. The summed E-state index contributed by atoms with van der Waals surface area (Å²) in [7, 11) is 0. The zero-order valence-electron chi connectivity index (χ0n) is 11.3. The highest BCUT2D eigenvalue weighted by Gasteiger charge is 2.24. The maximum Gasteiger partial charge on any atom is 0.303 e. The average Bonchev–Trinajstić information content (AvgIpc) is 2.88. The molecule has 0 aliphatic carbocycles. The van der Waals surface area contributed by atoms with Crippen molar-refractivity contribution in [3.05, 3.63) is 29.0 Å². The fraction of sp³-hybridized carbons (Fsp3) is 0.429. The van der Waals surface area contributed by atoms with E-state index in [9.17, 15) is 14.0 Å². The minimum atomic E-state index is -0.987. The Morgan fingerprint density at radius 1 is 1.43 bits per heavy atom. The lowest BCUT2D eigenvalue weighted by atomic mass is 10.2. The topological polar surface area (TPSA) is 69.6 Å². The summed E-state index contributed by atoms with van der Waals surface area (Å²) >= 11 is 5.76. The maximum absolute atomic E-state index is 13.1. The van der Waals surface area contributed by atoms with Crippen molar-refractivity contribution < 1.29 is 19.1 Å². The van der Waals surface area contributed by atoms with Crippen LogP contribution in [0.5, 0.6) is 0 Å². The van der Waals surface area contributed by atoms with Gasteiger partial charge in [-0.05, 0) is 24.6 Å². The fourth-order valence-electron chi connectivity index (χ4n) is 2.31. The summed E-state index contributed by atoms with van der Waals surface area (Å²) in [5.74, 6) is -1.71. The number of halogens is 2. The summed E-state index contributed by atoms with van der Waals surface area (Å²) in [5, 5.41) is 11.4. The van der Waals surface area contributed by atoms with Crippen LogP contribution in [0, 0.1) is 5.82 Å². The number of anilines is 1. The van der Waals surface area contributed by atoms with Crippen LogP contribution in [0.4, 0.5) is 10.1 Å². The van der Waals surface area contributed by atoms with Gasteiger partial charge >= 0.3 is 5.97 Å². The van der Waals surface area contributed by atoms with Gasteiger partial charge in [-0.15, -0.1) is 0 Å². The molecule has 1 aliphatic rings. The highest BCUT2D eigenvalue weighted by molar-refractivity contribution is 6.31. The van der Waals surface area contributed by atoms with E-state index in [1.165, 1.54) is 6.07 Å². The van der Waals surface area contributed by atoms with Crippen LogP contribution in [0.15, 0.2) is 18.2 Å². The number of carboxylic acid groups (broad SMARTS) is 1. The minimum absolute atomic E-state index is 0.0196. The van der Waals surface area contributed by atoms with Crippen molar-refractivity contribution in [3.8, 4) is 0 Å². The van der Waals surface area contributed by atoms with E-state index in [-0.39, 0.29) is 29.8 Å². The van der Waals surface area contributed by atoms with Crippen molar-refractivity contribution in [2.45, 2.75) is 25.3 Å². The van der Waals surface area contributed by atoms with Gasteiger partial charge < -0.3 is 15.3 Å². The Morgan fingerprint density at radius 3 is 2.86 bits per heavy atom. The average molecular weight is 315 g/mol. The van der Waals surface area contributed by atoms with E-state index < -0.39 is 11.8 Å². The second kappa shape index (κ2) is 6.76. The molecule has 2 N–H and O–H groups in total. The number of nitrogens with one attached hydrogen (secondary N) is 1. The van der Waals surface area contributed by atoms with Crippen molar-refractivity contribution in [1.29, 1.82) is 0 Å². The van der Waals surface area contributed by atoms with Crippen LogP contribution in [0.3, 0.4) is 0 Å². The molecule has 1 unspecified atom stereocenters. The number of nitrogens with zero attached hydrogens (tertiary/aromatic N) is 1. The van der Waals surface area contributed by atoms with Crippen LogP contribution in [0.2, 0.25) is 5.02 Å². The fourth-order valence-corrected chi connectivity index (χ4v) is 2.49. The summed E-state index contributed by atoms with van der Waals surface area (Å²) < 4.78 is 13.1. The summed E-state index contributed by atoms with van der Waals surface area (Å²) in [4.78, 5) is 24.0. The van der Waals surface area contributed by atoms with Crippen molar-refractivity contribution in [3.63, 3.8) is 0 Å². The van der Waals surface area contributed by atoms with E-state index in [4.69, 9.17) is 16.7 Å². The van der Waals surface area contributed by atoms with Gasteiger partial charge in [0.05, 0.1) is 11.4 Å². The molecule has 1 fully saturated rings. The van der Waals surface area contributed by atoms with Crippen molar-refractivity contribution in [2.75, 3.05) is 18.0 Å². The Kier molecular flexibility index (Phi) is 5.01. The van der Waals surface area contributed by atoms with Gasteiger partial charge in [0.2, 0.25) is 5.91 Å². The molecule has 0 spiro atoms. The van der Waals surface area contributed by atoms with Crippen LogP contribution < -0.4 is 10.2 Å². The Hall–Kier alpha value is -1.82. The third-order valence-electron chi connectivity index (χ3n) is 3.39. The molecule has 1 aliphatic heterocycles. The monoisotopic (exact) mass is 314 g/mol. The molecule has 1 amide bonds. The Bertz CT molecular complexity index is 553. The SMILES string of the molecule is O=C(O)CCC(=O)NC1CCN(c2ccc(F)c(Cl)c2)C1. The lowest BCUT2D eigenvalue weighted by Crippen LogP contribution is -2.37. The summed E-state index contributed by atoms with van der Waals surface area (Å²) in [6.07, 6.45) is 0.567. The lowest BCUT2D eigenvalue weighted by molar-refractivity contribution is -0.138. The minimum Gasteiger partial charge on any atom is -0.481 e. The molecule has 21 heavy (non-hydrogen) atoms. The van der Waals surface area contributed by atoms with Gasteiger partial charge in [-0.25, -0.2) is 4.39 Å². The third kappa shape index (κ3) is 4.32. The smallest absolute Gasteiger partial charge is 0.303 e. The number of rotatable bonds is 5. The van der Waals surface area contributed by atoms with E-state index in [0.717, 1.165) is 18.7 Å².